The lowest BCUT2D eigenvalue weighted by molar-refractivity contribution is 0.101. The Hall–Kier alpha value is -1.53. The van der Waals surface area contributed by atoms with Crippen LogP contribution in [0.25, 0.3) is 0 Å². The third-order valence-electron chi connectivity index (χ3n) is 2.03. The Bertz CT molecular complexity index is 475. The van der Waals surface area contributed by atoms with Crippen molar-refractivity contribution in [3.8, 4) is 11.5 Å². The van der Waals surface area contributed by atoms with Crippen molar-refractivity contribution in [1.82, 2.24) is 0 Å². The lowest BCUT2D eigenvalue weighted by atomic mass is 10.1. The number of Topliss-reactive ketones (excluding diaryl/α,β-unsaturated/α-hetero) is 1. The van der Waals surface area contributed by atoms with Gasteiger partial charge in [-0.15, -0.1) is 5.54 Å². The fourth-order valence-electron chi connectivity index (χ4n) is 1.15. The van der Waals surface area contributed by atoms with Gasteiger partial charge >= 0.3 is 0 Å². The molecule has 0 saturated heterocycles. The monoisotopic (exact) mass is 231 g/mol. The average molecular weight is 231 g/mol. The molecule has 0 heterocycles. The van der Waals surface area contributed by atoms with Gasteiger partial charge in [-0.1, -0.05) is 31.6 Å². The smallest absolute Gasteiger partial charge is 0.159 e. The predicted octanol–water partition coefficient (Wildman–Crippen LogP) is 2.70. The van der Waals surface area contributed by atoms with E-state index < -0.39 is 8.07 Å². The second-order valence-electron chi connectivity index (χ2n) is 4.86. The van der Waals surface area contributed by atoms with Crippen molar-refractivity contribution in [3.63, 3.8) is 0 Å². The minimum absolute atomic E-state index is 0.0244. The van der Waals surface area contributed by atoms with Gasteiger partial charge in [-0.25, -0.2) is 0 Å². The molecule has 0 atom stereocenters. The van der Waals surface area contributed by atoms with Gasteiger partial charge in [0.15, 0.2) is 5.78 Å². The second-order valence-corrected chi connectivity index (χ2v) is 9.61. The summed E-state index contributed by atoms with van der Waals surface area (Å²) in [7, 11) is -1.38. The van der Waals surface area contributed by atoms with Gasteiger partial charge in [0.2, 0.25) is 0 Å². The van der Waals surface area contributed by atoms with Gasteiger partial charge in [-0.2, -0.15) is 0 Å². The molecule has 0 aliphatic carbocycles. The number of carbonyl (C=O) groups is 1. The summed E-state index contributed by atoms with van der Waals surface area (Å²) in [5.74, 6) is 3.12. The molecule has 0 aromatic heterocycles. The first-order chi connectivity index (χ1) is 7.29. The zero-order valence-corrected chi connectivity index (χ0v) is 11.2. The standard InChI is InChI=1S/C13H17NOSi/c1-10(15)12-6-5-11(13(14)9-12)7-8-16(2,3)4/h5-6,9H,14H2,1-4H3. The summed E-state index contributed by atoms with van der Waals surface area (Å²) >= 11 is 0. The molecular formula is C13H17NOSi. The highest BCUT2D eigenvalue weighted by Crippen LogP contribution is 2.14. The molecule has 3 heteroatoms. The number of hydrogen-bond acceptors (Lipinski definition) is 2. The van der Waals surface area contributed by atoms with Crippen LogP contribution in [0.2, 0.25) is 19.6 Å². The molecule has 1 rings (SSSR count). The van der Waals surface area contributed by atoms with E-state index in [1.807, 2.05) is 6.07 Å². The second kappa shape index (κ2) is 4.54. The first kappa shape index (κ1) is 12.5. The molecule has 0 fully saturated rings. The molecule has 0 unspecified atom stereocenters. The average Bonchev–Trinajstić information content (AvgIpc) is 2.14. The summed E-state index contributed by atoms with van der Waals surface area (Å²) in [5, 5.41) is 0. The molecular weight excluding hydrogens is 214 g/mol. The highest BCUT2D eigenvalue weighted by atomic mass is 28.3. The van der Waals surface area contributed by atoms with Gasteiger partial charge in [-0.3, -0.25) is 4.79 Å². The van der Waals surface area contributed by atoms with Crippen molar-refractivity contribution >= 4 is 19.5 Å². The molecule has 2 N–H and O–H groups in total. The van der Waals surface area contributed by atoms with Crippen LogP contribution in [0.5, 0.6) is 0 Å². The zero-order valence-electron chi connectivity index (χ0n) is 10.2. The molecule has 2 nitrogen and oxygen atoms in total. The van der Waals surface area contributed by atoms with Gasteiger partial charge in [0.05, 0.1) is 0 Å². The minimum atomic E-state index is -1.38. The molecule has 0 bridgehead atoms. The van der Waals surface area contributed by atoms with E-state index in [2.05, 4.69) is 31.1 Å². The van der Waals surface area contributed by atoms with Crippen LogP contribution in [0.1, 0.15) is 22.8 Å². The van der Waals surface area contributed by atoms with Gasteiger partial charge in [-0.05, 0) is 19.1 Å². The Labute approximate surface area is 97.9 Å². The van der Waals surface area contributed by atoms with Crippen LogP contribution < -0.4 is 5.73 Å². The topological polar surface area (TPSA) is 43.1 Å². The maximum absolute atomic E-state index is 11.1. The highest BCUT2D eigenvalue weighted by Gasteiger charge is 2.08. The first-order valence-corrected chi connectivity index (χ1v) is 8.73. The van der Waals surface area contributed by atoms with Crippen LogP contribution in [0.3, 0.4) is 0 Å². The fraction of sp³-hybridized carbons (Fsp3) is 0.308. The van der Waals surface area contributed by atoms with Gasteiger partial charge in [0, 0.05) is 16.8 Å². The third-order valence-corrected chi connectivity index (χ3v) is 2.91. The summed E-state index contributed by atoms with van der Waals surface area (Å²) in [6, 6.07) is 5.28. The van der Waals surface area contributed by atoms with E-state index in [9.17, 15) is 4.79 Å². The zero-order chi connectivity index (χ0) is 12.3. The predicted molar refractivity (Wildman–Crippen MR) is 71.1 cm³/mol. The molecule has 0 spiro atoms. The minimum Gasteiger partial charge on any atom is -0.398 e. The van der Waals surface area contributed by atoms with Crippen LogP contribution in [-0.4, -0.2) is 13.9 Å². The summed E-state index contributed by atoms with van der Waals surface area (Å²) in [6.07, 6.45) is 0. The number of ketones is 1. The number of benzene rings is 1. The number of rotatable bonds is 1. The number of nitrogen functional groups attached to an aromatic ring is 1. The lowest BCUT2D eigenvalue weighted by Gasteiger charge is -2.05. The number of hydrogen-bond donors (Lipinski definition) is 1. The lowest BCUT2D eigenvalue weighted by Crippen LogP contribution is -2.16. The van der Waals surface area contributed by atoms with Gasteiger partial charge < -0.3 is 5.73 Å². The van der Waals surface area contributed by atoms with Crippen molar-refractivity contribution in [2.75, 3.05) is 5.73 Å². The molecule has 1 aromatic carbocycles. The van der Waals surface area contributed by atoms with Crippen LogP contribution in [0.4, 0.5) is 5.69 Å². The molecule has 0 aliphatic heterocycles. The van der Waals surface area contributed by atoms with Crippen molar-refractivity contribution in [2.45, 2.75) is 26.6 Å². The Kier molecular flexibility index (Phi) is 3.56. The molecule has 84 valence electrons. The third kappa shape index (κ3) is 3.56. The summed E-state index contributed by atoms with van der Waals surface area (Å²) in [5.41, 5.74) is 11.1. The maximum Gasteiger partial charge on any atom is 0.159 e. The van der Waals surface area contributed by atoms with Crippen molar-refractivity contribution in [2.24, 2.45) is 0 Å². The maximum atomic E-state index is 11.1. The van der Waals surface area contributed by atoms with Gasteiger partial charge in [0.1, 0.15) is 8.07 Å². The Morgan fingerprint density at radius 3 is 2.38 bits per heavy atom. The molecule has 1 aromatic rings. The molecule has 0 saturated carbocycles. The van der Waals surface area contributed by atoms with E-state index in [0.717, 1.165) is 5.56 Å². The van der Waals surface area contributed by atoms with Crippen molar-refractivity contribution < 1.29 is 4.79 Å². The van der Waals surface area contributed by atoms with Gasteiger partial charge in [0.25, 0.3) is 0 Å². The summed E-state index contributed by atoms with van der Waals surface area (Å²) in [6.45, 7) is 8.07. The van der Waals surface area contributed by atoms with E-state index in [1.54, 1.807) is 12.1 Å². The van der Waals surface area contributed by atoms with E-state index in [1.165, 1.54) is 6.92 Å². The van der Waals surface area contributed by atoms with Crippen molar-refractivity contribution in [3.05, 3.63) is 29.3 Å². The Morgan fingerprint density at radius 1 is 1.31 bits per heavy atom. The number of anilines is 1. The normalized spacial score (nSPS) is 10.5. The van der Waals surface area contributed by atoms with Crippen LogP contribution >= 0.6 is 0 Å². The molecule has 0 radical (unpaired) electrons. The first-order valence-electron chi connectivity index (χ1n) is 5.23. The summed E-state index contributed by atoms with van der Waals surface area (Å²) in [4.78, 5) is 11.1. The van der Waals surface area contributed by atoms with Crippen LogP contribution in [0, 0.1) is 11.5 Å². The highest BCUT2D eigenvalue weighted by molar-refractivity contribution is 6.83. The van der Waals surface area contributed by atoms with E-state index in [-0.39, 0.29) is 5.78 Å². The summed E-state index contributed by atoms with van der Waals surface area (Å²) < 4.78 is 0. The Morgan fingerprint density at radius 2 is 1.94 bits per heavy atom. The van der Waals surface area contributed by atoms with Crippen LogP contribution in [0.15, 0.2) is 18.2 Å². The molecule has 0 aliphatic rings. The number of nitrogens with two attached hydrogens (primary N) is 1. The SMILES string of the molecule is CC(=O)c1ccc(C#C[Si](C)(C)C)c(N)c1. The van der Waals surface area contributed by atoms with E-state index in [4.69, 9.17) is 5.73 Å². The number of carbonyl (C=O) groups excluding carboxylic acids is 1. The van der Waals surface area contributed by atoms with Crippen LogP contribution in [-0.2, 0) is 0 Å². The van der Waals surface area contributed by atoms with E-state index >= 15 is 0 Å². The Balaban J connectivity index is 3.08. The molecule has 0 amide bonds. The molecule has 16 heavy (non-hydrogen) atoms. The largest absolute Gasteiger partial charge is 0.398 e. The quantitative estimate of drug-likeness (QED) is 0.349. The van der Waals surface area contributed by atoms with E-state index in [0.29, 0.717) is 11.3 Å². The van der Waals surface area contributed by atoms with Crippen molar-refractivity contribution in [1.29, 1.82) is 0 Å². The fourth-order valence-corrected chi connectivity index (χ4v) is 1.66.